The molecule has 0 unspecified atom stereocenters. The van der Waals surface area contributed by atoms with Crippen LogP contribution in [0.3, 0.4) is 0 Å². The van der Waals surface area contributed by atoms with Crippen molar-refractivity contribution in [1.29, 1.82) is 0 Å². The smallest absolute Gasteiger partial charge is 0.387 e. The Kier molecular flexibility index (Phi) is 4.47. The minimum Gasteiger partial charge on any atom is -0.433 e. The van der Waals surface area contributed by atoms with Crippen LogP contribution < -0.4 is 15.8 Å². The van der Waals surface area contributed by atoms with E-state index in [1.165, 1.54) is 6.07 Å². The number of ether oxygens (including phenoxy) is 1. The van der Waals surface area contributed by atoms with E-state index in [0.717, 1.165) is 0 Å². The van der Waals surface area contributed by atoms with Crippen molar-refractivity contribution in [3.63, 3.8) is 0 Å². The van der Waals surface area contributed by atoms with Crippen LogP contribution >= 0.6 is 0 Å². The van der Waals surface area contributed by atoms with E-state index in [1.54, 1.807) is 18.2 Å². The molecule has 1 rings (SSSR count). The molecule has 0 atom stereocenters. The Morgan fingerprint density at radius 2 is 1.94 bits per heavy atom. The summed E-state index contributed by atoms with van der Waals surface area (Å²) >= 11 is 0. The molecule has 0 bridgehead atoms. The number of hydrogen-bond donors (Lipinski definition) is 2. The molecule has 0 spiro atoms. The molecule has 0 aliphatic rings. The van der Waals surface area contributed by atoms with Crippen LogP contribution in [0.4, 0.5) is 14.5 Å². The molecule has 6 heteroatoms. The van der Waals surface area contributed by atoms with E-state index in [4.69, 9.17) is 5.73 Å². The van der Waals surface area contributed by atoms with Crippen molar-refractivity contribution in [2.24, 2.45) is 10.7 Å². The predicted molar refractivity (Wildman–Crippen MR) is 68.1 cm³/mol. The summed E-state index contributed by atoms with van der Waals surface area (Å²) in [7, 11) is 0. The first kappa shape index (κ1) is 14.2. The number of nitrogens with one attached hydrogen (secondary N) is 1. The normalized spacial score (nSPS) is 12.7. The highest BCUT2D eigenvalue weighted by Gasteiger charge is 2.11. The van der Waals surface area contributed by atoms with Crippen LogP contribution in [0.15, 0.2) is 29.3 Å². The predicted octanol–water partition coefficient (Wildman–Crippen LogP) is 2.81. The molecule has 0 saturated carbocycles. The minimum atomic E-state index is -2.88. The standard InChI is InChI=1S/C12H17F2N3O/c1-12(2,3)17-11(15)16-8-6-4-5-7-9(8)18-10(13)14/h4-7,10H,1-3H3,(H3,15,16,17). The van der Waals surface area contributed by atoms with Gasteiger partial charge in [0, 0.05) is 0 Å². The number of anilines is 1. The Hall–Kier alpha value is -1.85. The third-order valence-electron chi connectivity index (χ3n) is 1.82. The monoisotopic (exact) mass is 257 g/mol. The Morgan fingerprint density at radius 3 is 2.50 bits per heavy atom. The number of aliphatic imine (C=N–C) groups is 1. The molecule has 0 aromatic heterocycles. The summed E-state index contributed by atoms with van der Waals surface area (Å²) in [6.45, 7) is 2.75. The van der Waals surface area contributed by atoms with Gasteiger partial charge in [0.25, 0.3) is 0 Å². The third kappa shape index (κ3) is 4.99. The van der Waals surface area contributed by atoms with E-state index in [2.05, 4.69) is 15.0 Å². The lowest BCUT2D eigenvalue weighted by Crippen LogP contribution is -2.27. The van der Waals surface area contributed by atoms with Gasteiger partial charge in [-0.25, -0.2) is 4.99 Å². The van der Waals surface area contributed by atoms with Gasteiger partial charge in [-0.05, 0) is 32.9 Å². The van der Waals surface area contributed by atoms with Crippen molar-refractivity contribution in [1.82, 2.24) is 0 Å². The Morgan fingerprint density at radius 1 is 1.33 bits per heavy atom. The number of para-hydroxylation sites is 2. The van der Waals surface area contributed by atoms with E-state index in [9.17, 15) is 8.78 Å². The Balaban J connectivity index is 2.87. The van der Waals surface area contributed by atoms with E-state index < -0.39 is 6.61 Å². The van der Waals surface area contributed by atoms with Gasteiger partial charge in [-0.3, -0.25) is 0 Å². The summed E-state index contributed by atoms with van der Waals surface area (Å²) in [5.74, 6) is 0.173. The van der Waals surface area contributed by atoms with E-state index in [0.29, 0.717) is 5.69 Å². The average Bonchev–Trinajstić information content (AvgIpc) is 2.17. The van der Waals surface area contributed by atoms with Crippen LogP contribution in [-0.4, -0.2) is 18.1 Å². The van der Waals surface area contributed by atoms with Gasteiger partial charge in [-0.2, -0.15) is 8.78 Å². The van der Waals surface area contributed by atoms with Gasteiger partial charge in [-0.15, -0.1) is 0 Å². The van der Waals surface area contributed by atoms with E-state index >= 15 is 0 Å². The van der Waals surface area contributed by atoms with Crippen LogP contribution in [0.1, 0.15) is 20.8 Å². The molecule has 0 heterocycles. The van der Waals surface area contributed by atoms with E-state index in [-0.39, 0.29) is 17.2 Å². The van der Waals surface area contributed by atoms with Crippen molar-refractivity contribution < 1.29 is 13.5 Å². The summed E-state index contributed by atoms with van der Waals surface area (Å²) < 4.78 is 28.8. The first-order valence-corrected chi connectivity index (χ1v) is 5.44. The Labute approximate surface area is 105 Å². The molecular formula is C12H17F2N3O. The maximum Gasteiger partial charge on any atom is 0.387 e. The summed E-state index contributed by atoms with van der Waals surface area (Å²) in [5.41, 5.74) is 5.69. The summed E-state index contributed by atoms with van der Waals surface area (Å²) in [6.07, 6.45) is 0. The van der Waals surface area contributed by atoms with Crippen molar-refractivity contribution in [2.75, 3.05) is 5.32 Å². The molecule has 100 valence electrons. The first-order chi connectivity index (χ1) is 8.28. The lowest BCUT2D eigenvalue weighted by Gasteiger charge is -2.16. The fraction of sp³-hybridized carbons (Fsp3) is 0.417. The van der Waals surface area contributed by atoms with Crippen LogP contribution in [-0.2, 0) is 0 Å². The molecule has 3 N–H and O–H groups in total. The number of hydrogen-bond acceptors (Lipinski definition) is 2. The lowest BCUT2D eigenvalue weighted by molar-refractivity contribution is -0.0493. The largest absolute Gasteiger partial charge is 0.433 e. The fourth-order valence-electron chi connectivity index (χ4n) is 1.30. The lowest BCUT2D eigenvalue weighted by atomic mass is 10.1. The number of rotatable bonds is 3. The second-order valence-corrected chi connectivity index (χ2v) is 4.67. The number of halogens is 2. The van der Waals surface area contributed by atoms with Crippen molar-refractivity contribution in [2.45, 2.75) is 32.9 Å². The zero-order chi connectivity index (χ0) is 13.8. The molecule has 4 nitrogen and oxygen atoms in total. The van der Waals surface area contributed by atoms with Crippen LogP contribution in [0.25, 0.3) is 0 Å². The van der Waals surface area contributed by atoms with Gasteiger partial charge in [0.15, 0.2) is 5.96 Å². The van der Waals surface area contributed by atoms with Crippen molar-refractivity contribution in [3.05, 3.63) is 24.3 Å². The molecule has 0 fully saturated rings. The number of nitrogens with zero attached hydrogens (tertiary/aromatic N) is 1. The van der Waals surface area contributed by atoms with Gasteiger partial charge in [-0.1, -0.05) is 12.1 Å². The quantitative estimate of drug-likeness (QED) is 0.646. The fourth-order valence-corrected chi connectivity index (χ4v) is 1.30. The summed E-state index contributed by atoms with van der Waals surface area (Å²) in [6, 6.07) is 6.30. The highest BCUT2D eigenvalue weighted by Crippen LogP contribution is 2.25. The summed E-state index contributed by atoms with van der Waals surface area (Å²) in [5, 5.41) is 2.74. The zero-order valence-corrected chi connectivity index (χ0v) is 10.6. The molecular weight excluding hydrogens is 240 g/mol. The van der Waals surface area contributed by atoms with Gasteiger partial charge in [0.05, 0.1) is 11.2 Å². The van der Waals surface area contributed by atoms with E-state index in [1.807, 2.05) is 20.8 Å². The van der Waals surface area contributed by atoms with Crippen LogP contribution in [0.5, 0.6) is 5.75 Å². The number of alkyl halides is 2. The molecule has 0 saturated heterocycles. The highest BCUT2D eigenvalue weighted by molar-refractivity contribution is 5.93. The molecule has 0 aliphatic carbocycles. The molecule has 18 heavy (non-hydrogen) atoms. The maximum absolute atomic E-state index is 12.2. The SMILES string of the molecule is CC(C)(C)N=C(N)Nc1ccccc1OC(F)F. The third-order valence-corrected chi connectivity index (χ3v) is 1.82. The van der Waals surface area contributed by atoms with Gasteiger partial charge in [0.2, 0.25) is 0 Å². The van der Waals surface area contributed by atoms with Gasteiger partial charge >= 0.3 is 6.61 Å². The highest BCUT2D eigenvalue weighted by atomic mass is 19.3. The molecule has 0 amide bonds. The second-order valence-electron chi connectivity index (χ2n) is 4.67. The molecule has 0 aliphatic heterocycles. The Bertz CT molecular complexity index is 428. The van der Waals surface area contributed by atoms with Crippen molar-refractivity contribution >= 4 is 11.6 Å². The number of guanidine groups is 1. The maximum atomic E-state index is 12.2. The molecule has 0 radical (unpaired) electrons. The second kappa shape index (κ2) is 5.66. The zero-order valence-electron chi connectivity index (χ0n) is 10.6. The number of nitrogens with two attached hydrogens (primary N) is 1. The summed E-state index contributed by atoms with van der Waals surface area (Å²) in [4.78, 5) is 4.17. The average molecular weight is 257 g/mol. The molecule has 1 aromatic rings. The minimum absolute atomic E-state index is 0.0274. The van der Waals surface area contributed by atoms with Crippen LogP contribution in [0, 0.1) is 0 Å². The number of benzene rings is 1. The first-order valence-electron chi connectivity index (χ1n) is 5.44. The topological polar surface area (TPSA) is 59.6 Å². The van der Waals surface area contributed by atoms with Gasteiger partial charge < -0.3 is 15.8 Å². The van der Waals surface area contributed by atoms with Gasteiger partial charge in [0.1, 0.15) is 5.75 Å². The molecule has 1 aromatic carbocycles. The van der Waals surface area contributed by atoms with Crippen molar-refractivity contribution in [3.8, 4) is 5.75 Å². The van der Waals surface area contributed by atoms with Crippen LogP contribution in [0.2, 0.25) is 0 Å².